The lowest BCUT2D eigenvalue weighted by Gasteiger charge is -2.72. The Bertz CT molecular complexity index is 697. The minimum atomic E-state index is -0.631. The monoisotopic (exact) mass is 388 g/mol. The molecule has 28 heavy (non-hydrogen) atoms. The van der Waals surface area contributed by atoms with Crippen LogP contribution in [0, 0.1) is 44.8 Å². The average Bonchev–Trinajstić information content (AvgIpc) is 3.29. The summed E-state index contributed by atoms with van der Waals surface area (Å²) in [6.07, 6.45) is 9.65. The highest BCUT2D eigenvalue weighted by Gasteiger charge is 2.75. The summed E-state index contributed by atoms with van der Waals surface area (Å²) in [5.41, 5.74) is 28.1. The molecule has 0 radical (unpaired) electrons. The first-order chi connectivity index (χ1) is 12.8. The molecule has 0 amide bonds. The Morgan fingerprint density at radius 3 is 1.89 bits per heavy atom. The van der Waals surface area contributed by atoms with Crippen molar-refractivity contribution in [1.82, 2.24) is 0 Å². The molecule has 8 atom stereocenters. The first-order valence-corrected chi connectivity index (χ1v) is 11.8. The lowest BCUT2D eigenvalue weighted by Crippen LogP contribution is -2.73. The van der Waals surface area contributed by atoms with Crippen molar-refractivity contribution in [1.29, 1.82) is 0 Å². The molecule has 0 bridgehead atoms. The highest BCUT2D eigenvalue weighted by Crippen LogP contribution is 2.79. The summed E-state index contributed by atoms with van der Waals surface area (Å²) in [4.78, 5) is 0. The van der Waals surface area contributed by atoms with Crippen molar-refractivity contribution >= 4 is 0 Å². The van der Waals surface area contributed by atoms with Crippen LogP contribution in [0.4, 0.5) is 0 Å². The third-order valence-corrected chi connectivity index (χ3v) is 12.1. The molecule has 0 aromatic heterocycles. The zero-order valence-electron chi connectivity index (χ0n) is 18.9. The van der Waals surface area contributed by atoms with Gasteiger partial charge in [0.05, 0.1) is 5.66 Å². The van der Waals surface area contributed by atoms with Gasteiger partial charge in [-0.05, 0) is 90.3 Å². The molecule has 5 fully saturated rings. The summed E-state index contributed by atoms with van der Waals surface area (Å²) in [5.74, 6) is 1.40. The molecule has 0 aromatic carbocycles. The normalized spacial score (nSPS) is 58.0. The second-order valence-electron chi connectivity index (χ2n) is 13.2. The molecule has 5 saturated carbocycles. The number of hydrogen-bond donors (Lipinski definition) is 4. The Balaban J connectivity index is 1.62. The summed E-state index contributed by atoms with van der Waals surface area (Å²) in [6, 6.07) is 0.365. The van der Waals surface area contributed by atoms with Gasteiger partial charge in [-0.25, -0.2) is 0 Å². The lowest BCUT2D eigenvalue weighted by molar-refractivity contribution is -0.227. The van der Waals surface area contributed by atoms with Gasteiger partial charge in [-0.1, -0.05) is 34.6 Å². The number of fused-ring (bicyclic) bond motifs is 5. The molecule has 0 aliphatic heterocycles. The van der Waals surface area contributed by atoms with Crippen LogP contribution in [0.5, 0.6) is 0 Å². The molecule has 0 aromatic rings. The maximum atomic E-state index is 7.14. The van der Waals surface area contributed by atoms with Gasteiger partial charge in [0.1, 0.15) is 0 Å². The fraction of sp³-hybridized carbons (Fsp3) is 1.00. The van der Waals surface area contributed by atoms with Gasteiger partial charge in [-0.3, -0.25) is 0 Å². The molecule has 5 aliphatic carbocycles. The van der Waals surface area contributed by atoms with Gasteiger partial charge < -0.3 is 22.9 Å². The van der Waals surface area contributed by atoms with E-state index in [2.05, 4.69) is 34.6 Å². The minimum absolute atomic E-state index is 0.0866. The molecular formula is C24H44N4. The van der Waals surface area contributed by atoms with Crippen molar-refractivity contribution in [3.05, 3.63) is 0 Å². The van der Waals surface area contributed by atoms with Crippen LogP contribution in [-0.2, 0) is 0 Å². The van der Waals surface area contributed by atoms with E-state index in [1.807, 2.05) is 0 Å². The molecule has 8 unspecified atom stereocenters. The summed E-state index contributed by atoms with van der Waals surface area (Å²) < 4.78 is 0. The Labute approximate surface area is 171 Å². The molecule has 5 rings (SSSR count). The summed E-state index contributed by atoms with van der Waals surface area (Å²) in [6.45, 7) is 12.7. The molecule has 4 nitrogen and oxygen atoms in total. The number of nitrogens with two attached hydrogens (primary N) is 4. The topological polar surface area (TPSA) is 104 Å². The summed E-state index contributed by atoms with van der Waals surface area (Å²) in [5, 5.41) is 0. The summed E-state index contributed by atoms with van der Waals surface area (Å²) in [7, 11) is 0. The van der Waals surface area contributed by atoms with Gasteiger partial charge in [0.25, 0.3) is 0 Å². The van der Waals surface area contributed by atoms with E-state index in [0.29, 0.717) is 22.7 Å². The molecule has 160 valence electrons. The van der Waals surface area contributed by atoms with Crippen LogP contribution in [-0.4, -0.2) is 17.7 Å². The van der Waals surface area contributed by atoms with Crippen LogP contribution in [0.2, 0.25) is 0 Å². The largest absolute Gasteiger partial charge is 0.327 e. The number of hydrogen-bond acceptors (Lipinski definition) is 4. The molecule has 4 heteroatoms. The predicted octanol–water partition coefficient (Wildman–Crippen LogP) is 3.32. The molecule has 0 saturated heterocycles. The van der Waals surface area contributed by atoms with Crippen molar-refractivity contribution in [3.63, 3.8) is 0 Å². The molecular weight excluding hydrogens is 344 g/mol. The molecule has 1 spiro atoms. The van der Waals surface area contributed by atoms with Gasteiger partial charge in [0, 0.05) is 18.0 Å². The van der Waals surface area contributed by atoms with E-state index < -0.39 is 5.66 Å². The van der Waals surface area contributed by atoms with E-state index in [0.717, 1.165) is 25.7 Å². The van der Waals surface area contributed by atoms with E-state index in [1.54, 1.807) is 0 Å². The van der Waals surface area contributed by atoms with E-state index >= 15 is 0 Å². The number of rotatable bonds is 0. The van der Waals surface area contributed by atoms with Crippen LogP contribution in [0.1, 0.15) is 86.0 Å². The maximum absolute atomic E-state index is 7.14. The fourth-order valence-corrected chi connectivity index (χ4v) is 10.5. The third-order valence-electron chi connectivity index (χ3n) is 12.1. The van der Waals surface area contributed by atoms with Crippen LogP contribution in [0.3, 0.4) is 0 Å². The molecule has 8 N–H and O–H groups in total. The van der Waals surface area contributed by atoms with E-state index in [-0.39, 0.29) is 34.2 Å². The predicted molar refractivity (Wildman–Crippen MR) is 115 cm³/mol. The Hall–Kier alpha value is -0.160. The Kier molecular flexibility index (Phi) is 3.66. The van der Waals surface area contributed by atoms with Crippen LogP contribution >= 0.6 is 0 Å². The summed E-state index contributed by atoms with van der Waals surface area (Å²) >= 11 is 0. The minimum Gasteiger partial charge on any atom is -0.327 e. The second kappa shape index (κ2) is 5.18. The van der Waals surface area contributed by atoms with Gasteiger partial charge in [-0.2, -0.15) is 0 Å². The molecule has 0 heterocycles. The van der Waals surface area contributed by atoms with Gasteiger partial charge in [-0.15, -0.1) is 0 Å². The van der Waals surface area contributed by atoms with Crippen LogP contribution < -0.4 is 22.9 Å². The van der Waals surface area contributed by atoms with E-state index in [9.17, 15) is 0 Å². The molecule has 5 aliphatic rings. The quantitative estimate of drug-likeness (QED) is 0.478. The first kappa shape index (κ1) is 19.8. The zero-order valence-corrected chi connectivity index (χ0v) is 18.9. The highest BCUT2D eigenvalue weighted by atomic mass is 15.0. The van der Waals surface area contributed by atoms with Crippen molar-refractivity contribution < 1.29 is 0 Å². The van der Waals surface area contributed by atoms with Crippen molar-refractivity contribution in [2.24, 2.45) is 67.8 Å². The van der Waals surface area contributed by atoms with E-state index in [4.69, 9.17) is 22.9 Å². The third kappa shape index (κ3) is 1.98. The Morgan fingerprint density at radius 2 is 1.29 bits per heavy atom. The zero-order chi connectivity index (χ0) is 20.5. The van der Waals surface area contributed by atoms with Gasteiger partial charge in [0.15, 0.2) is 0 Å². The fourth-order valence-electron chi connectivity index (χ4n) is 10.5. The van der Waals surface area contributed by atoms with Crippen molar-refractivity contribution in [2.45, 2.75) is 104 Å². The van der Waals surface area contributed by atoms with Crippen LogP contribution in [0.25, 0.3) is 0 Å². The first-order valence-electron chi connectivity index (χ1n) is 11.8. The van der Waals surface area contributed by atoms with Crippen molar-refractivity contribution in [3.8, 4) is 0 Å². The SMILES string of the molecule is CC12CCC3(CC3)C(C)(C)C1C(N)CC1(C)C2CC(N)C2C(N)(N)CCC21C. The lowest BCUT2D eigenvalue weighted by atomic mass is 9.33. The van der Waals surface area contributed by atoms with Gasteiger partial charge >= 0.3 is 0 Å². The smallest absolute Gasteiger partial charge is 0.0686 e. The highest BCUT2D eigenvalue weighted by molar-refractivity contribution is 5.25. The van der Waals surface area contributed by atoms with Crippen LogP contribution in [0.15, 0.2) is 0 Å². The van der Waals surface area contributed by atoms with E-state index in [1.165, 1.54) is 25.7 Å². The van der Waals surface area contributed by atoms with Gasteiger partial charge in [0.2, 0.25) is 0 Å². The Morgan fingerprint density at radius 1 is 0.679 bits per heavy atom. The maximum Gasteiger partial charge on any atom is 0.0686 e. The average molecular weight is 389 g/mol. The second-order valence-corrected chi connectivity index (χ2v) is 13.2. The standard InChI is InChI=1S/C24H44N4/c1-19(2)17-15(26)13-22(5)16(20(17,3)6-8-23(19)9-10-23)12-14(25)18-21(22,4)7-11-24(18,27)28/h14-18H,6-13,25-28H2,1-5H3. The van der Waals surface area contributed by atoms with Crippen molar-refractivity contribution in [2.75, 3.05) is 0 Å².